The molecule has 0 bridgehead atoms. The first-order chi connectivity index (χ1) is 8.38. The summed E-state index contributed by atoms with van der Waals surface area (Å²) in [5.41, 5.74) is 1.46. The zero-order valence-corrected chi connectivity index (χ0v) is 10.3. The van der Waals surface area contributed by atoms with Gasteiger partial charge in [-0.25, -0.2) is 0 Å². The molecule has 1 heterocycles. The van der Waals surface area contributed by atoms with E-state index >= 15 is 0 Å². The van der Waals surface area contributed by atoms with Crippen LogP contribution in [0.3, 0.4) is 0 Å². The molecule has 2 aliphatic rings. The molecule has 1 nitrogen and oxygen atoms in total. The van der Waals surface area contributed by atoms with Crippen molar-refractivity contribution in [2.75, 3.05) is 0 Å². The fourth-order valence-electron chi connectivity index (χ4n) is 2.86. The first kappa shape index (κ1) is 11.3. The molecule has 0 aromatic heterocycles. The van der Waals surface area contributed by atoms with Gasteiger partial charge in [0.1, 0.15) is 6.10 Å². The highest BCUT2D eigenvalue weighted by Crippen LogP contribution is 2.56. The van der Waals surface area contributed by atoms with Gasteiger partial charge < -0.3 is 4.74 Å². The molecule has 1 heteroatoms. The number of benzene rings is 1. The highest BCUT2D eigenvalue weighted by atomic mass is 16.5. The average molecular weight is 228 g/mol. The fraction of sp³-hybridized carbons (Fsp3) is 0.500. The first-order valence-electron chi connectivity index (χ1n) is 6.75. The Labute approximate surface area is 104 Å². The minimum atomic E-state index is 0.619. The number of fused-ring (bicyclic) bond motifs is 1. The molecule has 0 spiro atoms. The summed E-state index contributed by atoms with van der Waals surface area (Å²) in [5, 5.41) is 0. The summed E-state index contributed by atoms with van der Waals surface area (Å²) in [5.74, 6) is 1.49. The molecule has 1 saturated carbocycles. The van der Waals surface area contributed by atoms with Crippen LogP contribution in [-0.4, -0.2) is 6.10 Å². The summed E-state index contributed by atoms with van der Waals surface area (Å²) in [6.07, 6.45) is 7.86. The van der Waals surface area contributed by atoms with E-state index in [-0.39, 0.29) is 0 Å². The van der Waals surface area contributed by atoms with Crippen LogP contribution >= 0.6 is 0 Å². The SMILES string of the molecule is [CH2]CCC(CC[C]1OC2CC12)c1ccccc1. The monoisotopic (exact) mass is 228 g/mol. The largest absolute Gasteiger partial charge is 0.368 e. The molecular weight excluding hydrogens is 208 g/mol. The van der Waals surface area contributed by atoms with Crippen LogP contribution in [0.4, 0.5) is 0 Å². The van der Waals surface area contributed by atoms with Crippen LogP contribution in [0.1, 0.15) is 43.6 Å². The Bertz CT molecular complexity index is 359. The summed E-state index contributed by atoms with van der Waals surface area (Å²) < 4.78 is 5.68. The second-order valence-corrected chi connectivity index (χ2v) is 5.25. The maximum absolute atomic E-state index is 5.68. The second kappa shape index (κ2) is 4.81. The molecular formula is C16H20O. The Morgan fingerprint density at radius 2 is 2.06 bits per heavy atom. The van der Waals surface area contributed by atoms with Gasteiger partial charge in [0.25, 0.3) is 0 Å². The zero-order valence-electron chi connectivity index (χ0n) is 10.3. The third-order valence-electron chi connectivity index (χ3n) is 4.01. The maximum Gasteiger partial charge on any atom is 0.103 e. The lowest BCUT2D eigenvalue weighted by molar-refractivity contribution is 0.0202. The Morgan fingerprint density at radius 3 is 2.65 bits per heavy atom. The van der Waals surface area contributed by atoms with Crippen LogP contribution in [0.15, 0.2) is 30.3 Å². The van der Waals surface area contributed by atoms with Gasteiger partial charge in [-0.05, 0) is 37.2 Å². The van der Waals surface area contributed by atoms with Gasteiger partial charge in [-0.2, -0.15) is 0 Å². The molecule has 0 amide bonds. The van der Waals surface area contributed by atoms with Gasteiger partial charge in [0, 0.05) is 5.92 Å². The van der Waals surface area contributed by atoms with E-state index in [1.807, 2.05) is 0 Å². The Hall–Kier alpha value is -0.820. The predicted molar refractivity (Wildman–Crippen MR) is 69.2 cm³/mol. The van der Waals surface area contributed by atoms with Gasteiger partial charge in [-0.1, -0.05) is 43.7 Å². The van der Waals surface area contributed by atoms with E-state index in [0.29, 0.717) is 12.0 Å². The molecule has 3 atom stereocenters. The normalized spacial score (nSPS) is 28.3. The fourth-order valence-corrected chi connectivity index (χ4v) is 2.86. The van der Waals surface area contributed by atoms with Crippen molar-refractivity contribution in [2.45, 2.75) is 44.1 Å². The number of hydrogen-bond donors (Lipinski definition) is 0. The first-order valence-corrected chi connectivity index (χ1v) is 6.75. The number of hydrogen-bond acceptors (Lipinski definition) is 1. The van der Waals surface area contributed by atoms with E-state index in [2.05, 4.69) is 37.3 Å². The van der Waals surface area contributed by atoms with Gasteiger partial charge in [0.15, 0.2) is 0 Å². The van der Waals surface area contributed by atoms with Crippen LogP contribution in [0.2, 0.25) is 0 Å². The Balaban J connectivity index is 1.55. The van der Waals surface area contributed by atoms with Crippen molar-refractivity contribution in [2.24, 2.45) is 5.92 Å². The van der Waals surface area contributed by atoms with Crippen molar-refractivity contribution in [1.82, 2.24) is 0 Å². The van der Waals surface area contributed by atoms with Crippen molar-refractivity contribution >= 4 is 0 Å². The van der Waals surface area contributed by atoms with Crippen LogP contribution in [-0.2, 0) is 4.74 Å². The minimum absolute atomic E-state index is 0.619. The number of ether oxygens (including phenoxy) is 1. The third-order valence-corrected chi connectivity index (χ3v) is 4.01. The van der Waals surface area contributed by atoms with E-state index < -0.39 is 0 Å². The highest BCUT2D eigenvalue weighted by molar-refractivity contribution is 5.20. The predicted octanol–water partition coefficient (Wildman–Crippen LogP) is 4.12. The summed E-state index contributed by atoms with van der Waals surface area (Å²) in [4.78, 5) is 0. The molecule has 3 rings (SSSR count). The third kappa shape index (κ3) is 2.40. The molecule has 0 N–H and O–H groups in total. The van der Waals surface area contributed by atoms with Crippen molar-refractivity contribution in [3.8, 4) is 0 Å². The molecule has 2 radical (unpaired) electrons. The molecule has 1 saturated heterocycles. The summed E-state index contributed by atoms with van der Waals surface area (Å²) in [6, 6.07) is 10.8. The standard InChI is InChI=1S/C16H20O/c1-2-6-12(13-7-4-3-5-8-13)9-10-15-14-11-16(14)17-15/h3-5,7-8,12,14,16H,1-2,6,9-11H2. The molecule has 3 unspecified atom stereocenters. The quantitative estimate of drug-likeness (QED) is 0.711. The van der Waals surface area contributed by atoms with Gasteiger partial charge in [-0.15, -0.1) is 0 Å². The summed E-state index contributed by atoms with van der Waals surface area (Å²) >= 11 is 0. The minimum Gasteiger partial charge on any atom is -0.368 e. The molecule has 1 aliphatic carbocycles. The number of rotatable bonds is 6. The van der Waals surface area contributed by atoms with Gasteiger partial charge in [-0.3, -0.25) is 0 Å². The lowest BCUT2D eigenvalue weighted by atomic mass is 9.88. The van der Waals surface area contributed by atoms with Crippen LogP contribution in [0.5, 0.6) is 0 Å². The molecule has 1 aromatic carbocycles. The maximum atomic E-state index is 5.68. The smallest absolute Gasteiger partial charge is 0.103 e. The zero-order chi connectivity index (χ0) is 11.7. The van der Waals surface area contributed by atoms with Crippen LogP contribution in [0, 0.1) is 18.9 Å². The van der Waals surface area contributed by atoms with E-state index in [9.17, 15) is 0 Å². The van der Waals surface area contributed by atoms with Crippen molar-refractivity contribution < 1.29 is 4.74 Å². The summed E-state index contributed by atoms with van der Waals surface area (Å²) in [6.45, 7) is 4.00. The summed E-state index contributed by atoms with van der Waals surface area (Å²) in [7, 11) is 0. The van der Waals surface area contributed by atoms with Crippen molar-refractivity contribution in [3.05, 3.63) is 48.9 Å². The molecule has 90 valence electrons. The van der Waals surface area contributed by atoms with Crippen LogP contribution < -0.4 is 0 Å². The molecule has 2 fully saturated rings. The molecule has 17 heavy (non-hydrogen) atoms. The van der Waals surface area contributed by atoms with Gasteiger partial charge in [0.05, 0.1) is 6.10 Å². The van der Waals surface area contributed by atoms with E-state index in [1.54, 1.807) is 0 Å². The Kier molecular flexibility index (Phi) is 3.19. The molecule has 1 aliphatic heterocycles. The second-order valence-electron chi connectivity index (χ2n) is 5.25. The van der Waals surface area contributed by atoms with Gasteiger partial charge in [0.2, 0.25) is 0 Å². The molecule has 1 aromatic rings. The van der Waals surface area contributed by atoms with Gasteiger partial charge >= 0.3 is 0 Å². The van der Waals surface area contributed by atoms with E-state index in [4.69, 9.17) is 4.74 Å². The van der Waals surface area contributed by atoms with Crippen LogP contribution in [0.25, 0.3) is 0 Å². The Morgan fingerprint density at radius 1 is 1.24 bits per heavy atom. The van der Waals surface area contributed by atoms with Crippen molar-refractivity contribution in [1.29, 1.82) is 0 Å². The highest BCUT2D eigenvalue weighted by Gasteiger charge is 2.55. The van der Waals surface area contributed by atoms with E-state index in [0.717, 1.165) is 18.8 Å². The lowest BCUT2D eigenvalue weighted by Crippen LogP contribution is -2.21. The average Bonchev–Trinajstić information content (AvgIpc) is 3.00. The lowest BCUT2D eigenvalue weighted by Gasteiger charge is -2.26. The topological polar surface area (TPSA) is 9.23 Å². The van der Waals surface area contributed by atoms with E-state index in [1.165, 1.54) is 30.9 Å². The van der Waals surface area contributed by atoms with Crippen molar-refractivity contribution in [3.63, 3.8) is 0 Å².